The van der Waals surface area contributed by atoms with Crippen LogP contribution in [-0.4, -0.2) is 40.9 Å². The third-order valence-electron chi connectivity index (χ3n) is 1.66. The van der Waals surface area contributed by atoms with Crippen LogP contribution < -0.4 is 16.4 Å². The first kappa shape index (κ1) is 18.8. The molecule has 0 saturated heterocycles. The van der Waals surface area contributed by atoms with Crippen molar-refractivity contribution in [2.24, 2.45) is 5.73 Å². The maximum absolute atomic E-state index is 10.6. The predicted octanol–water partition coefficient (Wildman–Crippen LogP) is -1.68. The molecule has 0 aliphatic carbocycles. The summed E-state index contributed by atoms with van der Waals surface area (Å²) in [6, 6.07) is 0. The average molecular weight is 323 g/mol. The summed E-state index contributed by atoms with van der Waals surface area (Å²) in [5.41, 5.74) is 4.98. The molecule has 22 heavy (non-hydrogen) atoms. The standard InChI is InChI=1S/C4H4N2O2.C4H3NO2.C2HF3O2/c5-2-1-3(7)6-4(2)8;6-3-1-2-4(7)5-3;3-2(4,5)1(6)7/h1H,(H3,5,6,7,8);1-2H,(H,5,6,7);(H,6,7). The molecule has 12 heteroatoms. The lowest BCUT2D eigenvalue weighted by Gasteiger charge is -1.93. The number of nitrogens with two attached hydrogens (primary N) is 1. The molecule has 0 saturated carbocycles. The van der Waals surface area contributed by atoms with Crippen LogP contribution in [0.4, 0.5) is 13.2 Å². The number of aliphatic carboxylic acids is 1. The minimum absolute atomic E-state index is 0.0185. The van der Waals surface area contributed by atoms with E-state index in [9.17, 15) is 32.3 Å². The number of halogens is 3. The molecule has 0 spiro atoms. The van der Waals surface area contributed by atoms with Crippen LogP contribution in [0.2, 0.25) is 0 Å². The van der Waals surface area contributed by atoms with Crippen molar-refractivity contribution in [2.45, 2.75) is 6.18 Å². The molecule has 0 bridgehead atoms. The van der Waals surface area contributed by atoms with Crippen LogP contribution in [0.5, 0.6) is 0 Å². The van der Waals surface area contributed by atoms with Crippen molar-refractivity contribution in [3.05, 3.63) is 23.9 Å². The Labute approximate surface area is 119 Å². The van der Waals surface area contributed by atoms with Crippen LogP contribution in [0, 0.1) is 0 Å². The zero-order chi connectivity index (χ0) is 17.5. The summed E-state index contributed by atoms with van der Waals surface area (Å²) < 4.78 is 31.7. The molecule has 0 aromatic heterocycles. The minimum Gasteiger partial charge on any atom is -0.475 e. The summed E-state index contributed by atoms with van der Waals surface area (Å²) in [5, 5.41) is 11.1. The SMILES string of the molecule is NC1=CC(=O)NC1=O.O=C(O)C(F)(F)F.O=C1C=CC(=O)N1. The molecule has 0 aromatic carbocycles. The summed E-state index contributed by atoms with van der Waals surface area (Å²) in [6.07, 6.45) is -1.63. The highest BCUT2D eigenvalue weighted by molar-refractivity contribution is 6.15. The second kappa shape index (κ2) is 7.56. The lowest BCUT2D eigenvalue weighted by molar-refractivity contribution is -0.192. The highest BCUT2D eigenvalue weighted by Gasteiger charge is 2.38. The van der Waals surface area contributed by atoms with Crippen LogP contribution in [0.15, 0.2) is 23.9 Å². The Balaban J connectivity index is 0.000000302. The van der Waals surface area contributed by atoms with Crippen LogP contribution in [0.1, 0.15) is 0 Å². The monoisotopic (exact) mass is 323 g/mol. The summed E-state index contributed by atoms with van der Waals surface area (Å²) in [4.78, 5) is 49.4. The Morgan fingerprint density at radius 1 is 1.00 bits per heavy atom. The van der Waals surface area contributed by atoms with E-state index in [0.717, 1.165) is 6.08 Å². The van der Waals surface area contributed by atoms with Crippen molar-refractivity contribution in [3.8, 4) is 0 Å². The Hall–Kier alpha value is -3.18. The maximum atomic E-state index is 10.6. The first-order valence-corrected chi connectivity index (χ1v) is 5.09. The lowest BCUT2D eigenvalue weighted by Crippen LogP contribution is -2.24. The van der Waals surface area contributed by atoms with Gasteiger partial charge < -0.3 is 10.8 Å². The van der Waals surface area contributed by atoms with Crippen molar-refractivity contribution in [3.63, 3.8) is 0 Å². The topological polar surface area (TPSA) is 156 Å². The van der Waals surface area contributed by atoms with Gasteiger partial charge in [0.1, 0.15) is 5.70 Å². The normalized spacial score (nSPS) is 15.9. The molecule has 2 aliphatic heterocycles. The van der Waals surface area contributed by atoms with Crippen LogP contribution in [0.3, 0.4) is 0 Å². The van der Waals surface area contributed by atoms with E-state index in [4.69, 9.17) is 15.6 Å². The highest BCUT2D eigenvalue weighted by atomic mass is 19.4. The van der Waals surface area contributed by atoms with E-state index in [1.807, 2.05) is 10.6 Å². The molecule has 120 valence electrons. The van der Waals surface area contributed by atoms with E-state index in [-0.39, 0.29) is 17.5 Å². The summed E-state index contributed by atoms with van der Waals surface area (Å²) in [5.74, 6) is -4.36. The third kappa shape index (κ3) is 7.42. The first-order valence-electron chi connectivity index (χ1n) is 5.09. The molecule has 2 aliphatic rings. The summed E-state index contributed by atoms with van der Waals surface area (Å²) in [6.45, 7) is 0. The third-order valence-corrected chi connectivity index (χ3v) is 1.66. The fraction of sp³-hybridized carbons (Fsp3) is 0.100. The van der Waals surface area contributed by atoms with E-state index in [2.05, 4.69) is 0 Å². The van der Waals surface area contributed by atoms with Gasteiger partial charge in [-0.15, -0.1) is 0 Å². The molecule has 0 atom stereocenters. The number of carbonyl (C=O) groups is 5. The fourth-order valence-corrected chi connectivity index (χ4v) is 0.783. The van der Waals surface area contributed by atoms with Crippen molar-refractivity contribution >= 4 is 29.6 Å². The molecule has 2 heterocycles. The smallest absolute Gasteiger partial charge is 0.475 e. The molecule has 9 nitrogen and oxygen atoms in total. The number of carboxylic acid groups (broad SMARTS) is 1. The van der Waals surface area contributed by atoms with Gasteiger partial charge >= 0.3 is 12.1 Å². The Morgan fingerprint density at radius 3 is 1.50 bits per heavy atom. The molecule has 0 radical (unpaired) electrons. The number of carbonyl (C=O) groups excluding carboxylic acids is 4. The zero-order valence-electron chi connectivity index (χ0n) is 10.4. The number of alkyl halides is 3. The number of rotatable bonds is 0. The molecular formula is C10H8F3N3O6. The number of nitrogens with one attached hydrogen (secondary N) is 2. The average Bonchev–Trinajstić information content (AvgIpc) is 2.85. The van der Waals surface area contributed by atoms with Gasteiger partial charge in [0.05, 0.1) is 0 Å². The van der Waals surface area contributed by atoms with E-state index in [0.29, 0.717) is 0 Å². The van der Waals surface area contributed by atoms with Gasteiger partial charge in [-0.1, -0.05) is 0 Å². The van der Waals surface area contributed by atoms with Crippen molar-refractivity contribution in [1.82, 2.24) is 10.6 Å². The highest BCUT2D eigenvalue weighted by Crippen LogP contribution is 2.13. The Kier molecular flexibility index (Phi) is 6.47. The predicted molar refractivity (Wildman–Crippen MR) is 61.4 cm³/mol. The number of amides is 4. The van der Waals surface area contributed by atoms with Crippen molar-refractivity contribution in [1.29, 1.82) is 0 Å². The van der Waals surface area contributed by atoms with Gasteiger partial charge in [0.25, 0.3) is 23.6 Å². The molecule has 0 unspecified atom stereocenters. The Bertz CT molecular complexity index is 563. The number of hydrogen-bond donors (Lipinski definition) is 4. The summed E-state index contributed by atoms with van der Waals surface area (Å²) >= 11 is 0. The molecular weight excluding hydrogens is 315 g/mol. The molecule has 5 N–H and O–H groups in total. The molecule has 0 fully saturated rings. The van der Waals surface area contributed by atoms with Crippen molar-refractivity contribution in [2.75, 3.05) is 0 Å². The van der Waals surface area contributed by atoms with E-state index in [1.165, 1.54) is 12.2 Å². The molecule has 4 amide bonds. The lowest BCUT2D eigenvalue weighted by atomic mass is 10.5. The first-order chi connectivity index (χ1) is 9.93. The molecule has 0 aromatic rings. The van der Waals surface area contributed by atoms with Gasteiger partial charge in [0.2, 0.25) is 0 Å². The number of hydrogen-bond acceptors (Lipinski definition) is 6. The van der Waals surface area contributed by atoms with Crippen LogP contribution >= 0.6 is 0 Å². The largest absolute Gasteiger partial charge is 0.490 e. The van der Waals surface area contributed by atoms with Crippen molar-refractivity contribution < 1.29 is 42.3 Å². The second-order valence-corrected chi connectivity index (χ2v) is 3.41. The van der Waals surface area contributed by atoms with Gasteiger partial charge in [0.15, 0.2) is 0 Å². The van der Waals surface area contributed by atoms with Gasteiger partial charge in [0, 0.05) is 18.2 Å². The zero-order valence-corrected chi connectivity index (χ0v) is 10.4. The maximum Gasteiger partial charge on any atom is 0.490 e. The van der Waals surface area contributed by atoms with Gasteiger partial charge in [-0.3, -0.25) is 29.8 Å². The number of imide groups is 2. The summed E-state index contributed by atoms with van der Waals surface area (Å²) in [7, 11) is 0. The second-order valence-electron chi connectivity index (χ2n) is 3.41. The molecule has 2 rings (SSSR count). The van der Waals surface area contributed by atoms with E-state index in [1.54, 1.807) is 0 Å². The van der Waals surface area contributed by atoms with Crippen LogP contribution in [-0.2, 0) is 24.0 Å². The van der Waals surface area contributed by atoms with Crippen LogP contribution in [0.25, 0.3) is 0 Å². The van der Waals surface area contributed by atoms with Gasteiger partial charge in [-0.2, -0.15) is 13.2 Å². The minimum atomic E-state index is -5.08. The van der Waals surface area contributed by atoms with E-state index < -0.39 is 24.0 Å². The van der Waals surface area contributed by atoms with Gasteiger partial charge in [-0.05, 0) is 0 Å². The van der Waals surface area contributed by atoms with Gasteiger partial charge in [-0.25, -0.2) is 4.79 Å². The number of carboxylic acids is 1. The van der Waals surface area contributed by atoms with E-state index >= 15 is 0 Å². The fourth-order valence-electron chi connectivity index (χ4n) is 0.783. The Morgan fingerprint density at radius 2 is 1.41 bits per heavy atom. The quantitative estimate of drug-likeness (QED) is 0.388.